The van der Waals surface area contributed by atoms with Gasteiger partial charge in [0.25, 0.3) is 0 Å². The van der Waals surface area contributed by atoms with Crippen LogP contribution in [0.15, 0.2) is 70.1 Å². The molecule has 3 aromatic rings. The SMILES string of the molecule is CC1=CSC(N)N1c1ncc(Sc2nncn2C)cc1Oc1ccccc1. The van der Waals surface area contributed by atoms with Gasteiger partial charge in [0.05, 0.1) is 0 Å². The average molecular weight is 399 g/mol. The molecule has 0 bridgehead atoms. The minimum absolute atomic E-state index is 0.229. The van der Waals surface area contributed by atoms with Crippen molar-refractivity contribution in [2.45, 2.75) is 22.5 Å². The second kappa shape index (κ2) is 7.63. The lowest BCUT2D eigenvalue weighted by molar-refractivity contribution is 0.478. The molecule has 138 valence electrons. The highest BCUT2D eigenvalue weighted by atomic mass is 32.2. The predicted octanol–water partition coefficient (Wildman–Crippen LogP) is 3.81. The number of nitrogens with two attached hydrogens (primary N) is 1. The van der Waals surface area contributed by atoms with E-state index in [9.17, 15) is 0 Å². The van der Waals surface area contributed by atoms with Gasteiger partial charge in [-0.25, -0.2) is 4.98 Å². The highest BCUT2D eigenvalue weighted by molar-refractivity contribution is 8.03. The van der Waals surface area contributed by atoms with Crippen molar-refractivity contribution >= 4 is 29.3 Å². The molecule has 0 amide bonds. The summed E-state index contributed by atoms with van der Waals surface area (Å²) in [6.07, 6.45) is 3.47. The lowest BCUT2D eigenvalue weighted by Gasteiger charge is -2.25. The zero-order valence-corrected chi connectivity index (χ0v) is 16.4. The minimum atomic E-state index is -0.229. The summed E-state index contributed by atoms with van der Waals surface area (Å²) in [5, 5.41) is 10.8. The number of nitrogens with zero attached hydrogens (tertiary/aromatic N) is 5. The summed E-state index contributed by atoms with van der Waals surface area (Å²) >= 11 is 3.03. The second-order valence-corrected chi connectivity index (χ2v) is 7.92. The molecule has 0 fully saturated rings. The maximum atomic E-state index is 6.25. The number of hydrogen-bond donors (Lipinski definition) is 1. The van der Waals surface area contributed by atoms with Gasteiger partial charge < -0.3 is 19.9 Å². The van der Waals surface area contributed by atoms with Crippen LogP contribution >= 0.6 is 23.5 Å². The molecule has 3 heterocycles. The summed E-state index contributed by atoms with van der Waals surface area (Å²) in [5.74, 6) is 2.06. The van der Waals surface area contributed by atoms with Crippen LogP contribution in [0, 0.1) is 0 Å². The highest BCUT2D eigenvalue weighted by Gasteiger charge is 2.27. The number of aromatic nitrogens is 4. The Hall–Kier alpha value is -2.49. The third-order valence-electron chi connectivity index (χ3n) is 3.90. The van der Waals surface area contributed by atoms with E-state index in [1.54, 1.807) is 24.3 Å². The molecule has 7 nitrogen and oxygen atoms in total. The molecule has 9 heteroatoms. The first-order chi connectivity index (χ1) is 13.1. The fraction of sp³-hybridized carbons (Fsp3) is 0.167. The maximum Gasteiger partial charge on any atom is 0.195 e. The number of rotatable bonds is 5. The minimum Gasteiger partial charge on any atom is -0.453 e. The lowest BCUT2D eigenvalue weighted by Crippen LogP contribution is -2.35. The summed E-state index contributed by atoms with van der Waals surface area (Å²) in [7, 11) is 1.90. The van der Waals surface area contributed by atoms with Gasteiger partial charge in [-0.05, 0) is 36.2 Å². The van der Waals surface area contributed by atoms with Crippen LogP contribution in [-0.4, -0.2) is 25.2 Å². The Morgan fingerprint density at radius 2 is 2.07 bits per heavy atom. The van der Waals surface area contributed by atoms with Crippen LogP contribution in [0.25, 0.3) is 0 Å². The van der Waals surface area contributed by atoms with E-state index in [2.05, 4.69) is 15.2 Å². The normalized spacial score (nSPS) is 16.5. The van der Waals surface area contributed by atoms with Gasteiger partial charge in [-0.1, -0.05) is 30.0 Å². The Kier molecular flexibility index (Phi) is 5.06. The van der Waals surface area contributed by atoms with Crippen molar-refractivity contribution in [2.24, 2.45) is 12.8 Å². The first kappa shape index (κ1) is 17.9. The number of aryl methyl sites for hydroxylation is 1. The van der Waals surface area contributed by atoms with Gasteiger partial charge in [-0.3, -0.25) is 0 Å². The summed E-state index contributed by atoms with van der Waals surface area (Å²) < 4.78 is 8.01. The van der Waals surface area contributed by atoms with Crippen molar-refractivity contribution in [1.29, 1.82) is 0 Å². The van der Waals surface area contributed by atoms with E-state index >= 15 is 0 Å². The van der Waals surface area contributed by atoms with Gasteiger partial charge in [0.15, 0.2) is 16.7 Å². The topological polar surface area (TPSA) is 82.1 Å². The molecule has 1 unspecified atom stereocenters. The molecule has 0 radical (unpaired) electrons. The zero-order valence-electron chi connectivity index (χ0n) is 14.8. The molecule has 1 atom stereocenters. The Labute approximate surface area is 165 Å². The van der Waals surface area contributed by atoms with Crippen molar-refractivity contribution in [3.8, 4) is 11.5 Å². The monoisotopic (exact) mass is 398 g/mol. The Bertz CT molecular complexity index is 975. The second-order valence-electron chi connectivity index (χ2n) is 5.89. The number of pyridine rings is 1. The summed E-state index contributed by atoms with van der Waals surface area (Å²) in [5.41, 5.74) is 7.05. The number of thioether (sulfide) groups is 1. The highest BCUT2D eigenvalue weighted by Crippen LogP contribution is 2.40. The zero-order chi connectivity index (χ0) is 18.8. The first-order valence-electron chi connectivity index (χ1n) is 8.23. The van der Waals surface area contributed by atoms with E-state index in [0.29, 0.717) is 11.6 Å². The third-order valence-corrected chi connectivity index (χ3v) is 5.88. The molecule has 4 rings (SSSR count). The van der Waals surface area contributed by atoms with E-state index in [-0.39, 0.29) is 5.50 Å². The number of anilines is 1. The molecule has 1 aromatic carbocycles. The summed E-state index contributed by atoms with van der Waals surface area (Å²) in [6.45, 7) is 2.01. The molecule has 1 aliphatic heterocycles. The number of para-hydroxylation sites is 1. The van der Waals surface area contributed by atoms with Crippen LogP contribution in [0.5, 0.6) is 11.5 Å². The fourth-order valence-electron chi connectivity index (χ4n) is 2.59. The molecule has 2 N–H and O–H groups in total. The van der Waals surface area contributed by atoms with Crippen LogP contribution in [0.3, 0.4) is 0 Å². The molecular formula is C18H18N6OS2. The number of allylic oxidation sites excluding steroid dienone is 1. The van der Waals surface area contributed by atoms with Gasteiger partial charge >= 0.3 is 0 Å². The van der Waals surface area contributed by atoms with E-state index < -0.39 is 0 Å². The van der Waals surface area contributed by atoms with E-state index in [1.807, 2.05) is 65.2 Å². The molecule has 0 saturated heterocycles. The molecule has 27 heavy (non-hydrogen) atoms. The van der Waals surface area contributed by atoms with Crippen molar-refractivity contribution in [1.82, 2.24) is 19.7 Å². The standard InChI is InChI=1S/C18H18N6OS2/c1-12-10-26-17(19)24(12)16-15(25-13-6-4-3-5-7-13)8-14(9-20-16)27-18-22-21-11-23(18)2/h3-11,17H,19H2,1-2H3. The van der Waals surface area contributed by atoms with Gasteiger partial charge in [-0.2, -0.15) is 0 Å². The predicted molar refractivity (Wildman–Crippen MR) is 108 cm³/mol. The van der Waals surface area contributed by atoms with Crippen LogP contribution in [0.2, 0.25) is 0 Å². The molecule has 2 aromatic heterocycles. The maximum absolute atomic E-state index is 6.25. The Balaban J connectivity index is 1.72. The van der Waals surface area contributed by atoms with Gasteiger partial charge in [0.2, 0.25) is 0 Å². The Morgan fingerprint density at radius 3 is 2.74 bits per heavy atom. The largest absolute Gasteiger partial charge is 0.453 e. The first-order valence-corrected chi connectivity index (χ1v) is 9.99. The third kappa shape index (κ3) is 3.80. The molecule has 0 spiro atoms. The average Bonchev–Trinajstić information content (AvgIpc) is 3.22. The van der Waals surface area contributed by atoms with E-state index in [0.717, 1.165) is 21.5 Å². The van der Waals surface area contributed by atoms with Crippen molar-refractivity contribution in [2.75, 3.05) is 4.90 Å². The number of ether oxygens (including phenoxy) is 1. The number of hydrogen-bond acceptors (Lipinski definition) is 8. The van der Waals surface area contributed by atoms with Crippen LogP contribution in [0.1, 0.15) is 6.92 Å². The van der Waals surface area contributed by atoms with E-state index in [4.69, 9.17) is 10.5 Å². The van der Waals surface area contributed by atoms with E-state index in [1.165, 1.54) is 11.8 Å². The van der Waals surface area contributed by atoms with Crippen molar-refractivity contribution in [3.63, 3.8) is 0 Å². The summed E-state index contributed by atoms with van der Waals surface area (Å²) in [4.78, 5) is 7.53. The number of benzene rings is 1. The van der Waals surface area contributed by atoms with Gasteiger partial charge in [0.1, 0.15) is 17.6 Å². The quantitative estimate of drug-likeness (QED) is 0.695. The van der Waals surface area contributed by atoms with Crippen molar-refractivity contribution < 1.29 is 4.74 Å². The Morgan fingerprint density at radius 1 is 1.26 bits per heavy atom. The van der Waals surface area contributed by atoms with Crippen LogP contribution < -0.4 is 15.4 Å². The smallest absolute Gasteiger partial charge is 0.195 e. The van der Waals surface area contributed by atoms with Crippen LogP contribution in [0.4, 0.5) is 5.82 Å². The lowest BCUT2D eigenvalue weighted by atomic mass is 10.3. The van der Waals surface area contributed by atoms with Gasteiger partial charge in [-0.15, -0.1) is 10.2 Å². The summed E-state index contributed by atoms with van der Waals surface area (Å²) in [6, 6.07) is 11.6. The van der Waals surface area contributed by atoms with Gasteiger partial charge in [0, 0.05) is 29.9 Å². The van der Waals surface area contributed by atoms with Crippen LogP contribution in [-0.2, 0) is 7.05 Å². The van der Waals surface area contributed by atoms with Crippen molar-refractivity contribution in [3.05, 3.63) is 60.0 Å². The molecule has 0 aliphatic carbocycles. The molecule has 0 saturated carbocycles. The molecular weight excluding hydrogens is 380 g/mol. The fourth-order valence-corrected chi connectivity index (χ4v) is 4.19. The molecule has 1 aliphatic rings.